The van der Waals surface area contributed by atoms with E-state index >= 15 is 0 Å². The Balaban J connectivity index is 0.000000395. The third kappa shape index (κ3) is 18.7. The molecule has 0 aliphatic carbocycles. The molecule has 2 aromatic carbocycles. The summed E-state index contributed by atoms with van der Waals surface area (Å²) in [5, 5.41) is 24.7. The monoisotopic (exact) mass is 1130 g/mol. The van der Waals surface area contributed by atoms with Crippen LogP contribution in [0.4, 0.5) is 18.4 Å². The highest BCUT2D eigenvalue weighted by Gasteiger charge is 2.30. The zero-order valence-corrected chi connectivity index (χ0v) is 48.3. The highest BCUT2D eigenvalue weighted by atomic mass is 35.5. The largest absolute Gasteiger partial charge is 0.461 e. The minimum Gasteiger partial charge on any atom is -0.461 e. The predicted octanol–water partition coefficient (Wildman–Crippen LogP) is 8.53. The number of carbonyl (C=O) groups excluding carboxylic acids is 3. The number of benzene rings is 2. The average molecular weight is 1130 g/mol. The first kappa shape index (κ1) is 63.9. The summed E-state index contributed by atoms with van der Waals surface area (Å²) in [6.45, 7) is 17.8. The van der Waals surface area contributed by atoms with Crippen LogP contribution in [0.1, 0.15) is 112 Å². The summed E-state index contributed by atoms with van der Waals surface area (Å²) in [5.74, 6) is -1.88. The van der Waals surface area contributed by atoms with Crippen molar-refractivity contribution in [3.8, 4) is 0 Å². The predicted molar refractivity (Wildman–Crippen MR) is 282 cm³/mol. The number of hydrogen-bond donors (Lipinski definition) is 3. The lowest BCUT2D eigenvalue weighted by atomic mass is 9.95. The second kappa shape index (κ2) is 26.1. The van der Waals surface area contributed by atoms with Gasteiger partial charge >= 0.3 is 18.2 Å². The summed E-state index contributed by atoms with van der Waals surface area (Å²) in [4.78, 5) is 36.3. The van der Waals surface area contributed by atoms with Gasteiger partial charge in [0.1, 0.15) is 38.2 Å². The number of aromatic nitrogens is 4. The van der Waals surface area contributed by atoms with Gasteiger partial charge in [-0.25, -0.2) is 48.6 Å². The second-order valence-electron chi connectivity index (χ2n) is 19.9. The average Bonchev–Trinajstić information content (AvgIpc) is 3.72. The molecule has 0 saturated heterocycles. The zero-order valence-electron chi connectivity index (χ0n) is 45.1. The fourth-order valence-electron chi connectivity index (χ4n) is 7.06. The van der Waals surface area contributed by atoms with Gasteiger partial charge in [-0.1, -0.05) is 35.3 Å². The molecule has 0 spiro atoms. The van der Waals surface area contributed by atoms with Crippen LogP contribution >= 0.6 is 23.2 Å². The number of sulfonamides is 2. The Hall–Kier alpha value is -5.43. The molecule has 0 fully saturated rings. The molecule has 75 heavy (non-hydrogen) atoms. The number of hydrogen-bond acceptors (Lipinski definition) is 13. The number of rotatable bonds is 19. The number of halogens is 4. The maximum Gasteiger partial charge on any atom is 0.407 e. The third-order valence-corrected chi connectivity index (χ3v) is 15.0. The first-order chi connectivity index (χ1) is 34.4. The SMILES string of the molecule is CCOC(=O)c1c(Cc2ccc(S(=O)(=O)N(C)C)c(Cl)c2)c(C)nn1C/C(F)=C/CNC(=O)OC(C)(C)C.Cc1nn(C/C(F)=C/CNC(=O)OC(C)(C)C)c(C(C)(C)O)c1Cc1ccc(S(=O)(=O)N(C)C)c(Cl)c1. The van der Waals surface area contributed by atoms with E-state index in [-0.39, 0.29) is 64.7 Å². The number of esters is 1. The molecule has 4 rings (SSSR count). The molecule has 2 amide bonds. The molecule has 25 heteroatoms. The van der Waals surface area contributed by atoms with Crippen molar-refractivity contribution in [2.24, 2.45) is 0 Å². The number of carbonyl (C=O) groups is 3. The smallest absolute Gasteiger partial charge is 0.407 e. The van der Waals surface area contributed by atoms with Gasteiger partial charge in [-0.2, -0.15) is 10.2 Å². The van der Waals surface area contributed by atoms with Gasteiger partial charge in [0.05, 0.1) is 46.8 Å². The van der Waals surface area contributed by atoms with Crippen LogP contribution in [-0.4, -0.2) is 127 Å². The summed E-state index contributed by atoms with van der Waals surface area (Å²) >= 11 is 12.6. The zero-order chi connectivity index (χ0) is 57.2. The Bertz CT molecular complexity index is 2990. The van der Waals surface area contributed by atoms with E-state index in [4.69, 9.17) is 37.4 Å². The molecule has 0 atom stereocenters. The Labute approximate surface area is 449 Å². The van der Waals surface area contributed by atoms with E-state index in [1.807, 2.05) is 0 Å². The Morgan fingerprint density at radius 1 is 0.693 bits per heavy atom. The number of alkyl carbamates (subject to hydrolysis) is 2. The number of aryl methyl sites for hydroxylation is 2. The van der Waals surface area contributed by atoms with Crippen molar-refractivity contribution in [2.75, 3.05) is 47.9 Å². The van der Waals surface area contributed by atoms with Gasteiger partial charge in [0.15, 0.2) is 5.69 Å². The Morgan fingerprint density at radius 3 is 1.45 bits per heavy atom. The van der Waals surface area contributed by atoms with Crippen LogP contribution in [0, 0.1) is 13.8 Å². The number of nitrogens with one attached hydrogen (secondary N) is 2. The van der Waals surface area contributed by atoms with Crippen molar-refractivity contribution in [2.45, 2.75) is 129 Å². The van der Waals surface area contributed by atoms with Gasteiger partial charge in [0, 0.05) is 65.2 Å². The van der Waals surface area contributed by atoms with Crippen molar-refractivity contribution in [1.29, 1.82) is 0 Å². The van der Waals surface area contributed by atoms with Crippen molar-refractivity contribution in [3.05, 3.63) is 115 Å². The van der Waals surface area contributed by atoms with E-state index < -0.39 is 66.7 Å². The number of allylic oxidation sites excluding steroid dienone is 2. The number of aliphatic hydroxyl groups is 1. The van der Waals surface area contributed by atoms with E-state index in [0.717, 1.165) is 14.7 Å². The second-order valence-corrected chi connectivity index (χ2v) is 25.0. The van der Waals surface area contributed by atoms with Gasteiger partial charge < -0.3 is 30.0 Å². The topological polar surface area (TPSA) is 234 Å². The van der Waals surface area contributed by atoms with Crippen molar-refractivity contribution in [3.63, 3.8) is 0 Å². The molecule has 0 aliphatic rings. The van der Waals surface area contributed by atoms with E-state index in [1.165, 1.54) is 61.8 Å². The fraction of sp³-hybridized carbons (Fsp3) is 0.500. The summed E-state index contributed by atoms with van der Waals surface area (Å²) in [5.41, 5.74) is 1.30. The fourth-order valence-corrected chi connectivity index (χ4v) is 9.93. The molecule has 3 N–H and O–H groups in total. The van der Waals surface area contributed by atoms with Crippen LogP contribution in [0.15, 0.2) is 70.0 Å². The van der Waals surface area contributed by atoms with Crippen LogP contribution in [0.25, 0.3) is 0 Å². The van der Waals surface area contributed by atoms with Crippen LogP contribution in [0.3, 0.4) is 0 Å². The van der Waals surface area contributed by atoms with Gasteiger partial charge in [-0.15, -0.1) is 0 Å². The van der Waals surface area contributed by atoms with Crippen LogP contribution in [0.5, 0.6) is 0 Å². The minimum atomic E-state index is -3.74. The number of nitrogens with zero attached hydrogens (tertiary/aromatic N) is 6. The molecule has 2 aromatic heterocycles. The van der Waals surface area contributed by atoms with Crippen molar-refractivity contribution >= 4 is 61.4 Å². The normalized spacial score (nSPS) is 12.9. The maximum absolute atomic E-state index is 14.7. The molecule has 0 bridgehead atoms. The first-order valence-corrected chi connectivity index (χ1v) is 27.1. The standard InChI is InChI=1S/C25H34ClFN4O6S.C25H36ClFN4O5S/c1-8-36-23(32)22-19(13-17-9-10-21(20(26)14-17)38(34,35)30(6)7)16(2)29-31(22)15-18(27)11-12-28-24(33)37-25(3,4)5;1-16-19(13-17-9-10-21(20(26)14-17)37(34,35)30(7)8)22(25(5,6)33)31(29-16)15-18(27)11-12-28-23(32)36-24(2,3)4/h9-11,14H,8,12-13,15H2,1-7H3,(H,28,33);9-11,14,33H,12-13,15H2,1-8H3,(H,28,32)/b2*18-11-. The highest BCUT2D eigenvalue weighted by molar-refractivity contribution is 7.89. The van der Waals surface area contributed by atoms with Crippen molar-refractivity contribution in [1.82, 2.24) is 38.8 Å². The first-order valence-electron chi connectivity index (χ1n) is 23.5. The molecule has 4 aromatic rings. The van der Waals surface area contributed by atoms with Gasteiger partial charge in [0.25, 0.3) is 0 Å². The van der Waals surface area contributed by atoms with Crippen LogP contribution in [0.2, 0.25) is 10.0 Å². The van der Waals surface area contributed by atoms with Gasteiger partial charge in [0.2, 0.25) is 20.0 Å². The lowest BCUT2D eigenvalue weighted by Crippen LogP contribution is -2.32. The van der Waals surface area contributed by atoms with Gasteiger partial charge in [-0.05, 0) is 124 Å². The van der Waals surface area contributed by atoms with E-state index in [0.29, 0.717) is 45.8 Å². The summed E-state index contributed by atoms with van der Waals surface area (Å²) < 4.78 is 99.5. The third-order valence-electron chi connectivity index (χ3n) is 10.4. The van der Waals surface area contributed by atoms with Crippen LogP contribution < -0.4 is 10.6 Å². The van der Waals surface area contributed by atoms with E-state index in [9.17, 15) is 45.1 Å². The summed E-state index contributed by atoms with van der Waals surface area (Å²) in [6.07, 6.45) is 1.48. The van der Waals surface area contributed by atoms with E-state index in [1.54, 1.807) is 94.4 Å². The Kier molecular flexibility index (Phi) is 22.2. The van der Waals surface area contributed by atoms with E-state index in [2.05, 4.69) is 20.8 Å². The van der Waals surface area contributed by atoms with Crippen LogP contribution in [-0.2, 0) is 65.8 Å². The highest BCUT2D eigenvalue weighted by Crippen LogP contribution is 2.32. The molecule has 416 valence electrons. The quantitative estimate of drug-likeness (QED) is 0.0591. The molecule has 0 saturated carbocycles. The summed E-state index contributed by atoms with van der Waals surface area (Å²) in [7, 11) is -1.78. The Morgan fingerprint density at radius 2 is 1.08 bits per heavy atom. The molecular formula is C50H70Cl2F2N8O11S2. The van der Waals surface area contributed by atoms with Crippen molar-refractivity contribution < 1.29 is 59.3 Å². The summed E-state index contributed by atoms with van der Waals surface area (Å²) in [6, 6.07) is 9.15. The lowest BCUT2D eigenvalue weighted by molar-refractivity contribution is 0.0505. The maximum atomic E-state index is 14.7. The number of amides is 2. The minimum absolute atomic E-state index is 0.00903. The van der Waals surface area contributed by atoms with Gasteiger partial charge in [-0.3, -0.25) is 9.36 Å². The molecular weight excluding hydrogens is 1060 g/mol. The molecule has 2 heterocycles. The molecule has 0 unspecified atom stereocenters. The molecule has 19 nitrogen and oxygen atoms in total. The lowest BCUT2D eigenvalue weighted by Gasteiger charge is -2.22. The number of ether oxygens (including phenoxy) is 3. The molecule has 0 radical (unpaired) electrons. The molecule has 0 aliphatic heterocycles.